The van der Waals surface area contributed by atoms with Gasteiger partial charge in [-0.25, -0.2) is 9.07 Å². The third-order valence-corrected chi connectivity index (χ3v) is 5.82. The maximum atomic E-state index is 13.6. The first-order chi connectivity index (χ1) is 17.6. The predicted molar refractivity (Wildman–Crippen MR) is 139 cm³/mol. The van der Waals surface area contributed by atoms with Crippen molar-refractivity contribution in [1.82, 2.24) is 14.7 Å². The van der Waals surface area contributed by atoms with E-state index in [2.05, 4.69) is 5.10 Å². The van der Waals surface area contributed by atoms with Crippen molar-refractivity contribution in [1.29, 1.82) is 0 Å². The number of carbonyl (C=O) groups excluding carboxylic acids is 1. The van der Waals surface area contributed by atoms with Gasteiger partial charge in [0.1, 0.15) is 5.82 Å². The molecular formula is C28H33FN3NaO5. The first-order valence-electron chi connectivity index (χ1n) is 12.0. The number of aliphatic hydroxyl groups excluding tert-OH is 2. The zero-order chi connectivity index (χ0) is 27.1. The summed E-state index contributed by atoms with van der Waals surface area (Å²) in [7, 11) is 1.69. The summed E-state index contributed by atoms with van der Waals surface area (Å²) in [5.41, 5.74) is 2.88. The predicted octanol–water partition coefficient (Wildman–Crippen LogP) is 1.12. The van der Waals surface area contributed by atoms with Crippen molar-refractivity contribution in [2.75, 3.05) is 7.05 Å². The molecule has 0 aliphatic carbocycles. The van der Waals surface area contributed by atoms with Crippen LogP contribution in [-0.2, 0) is 11.3 Å². The van der Waals surface area contributed by atoms with Crippen molar-refractivity contribution >= 4 is 18.0 Å². The van der Waals surface area contributed by atoms with Gasteiger partial charge >= 0.3 is 35.5 Å². The smallest absolute Gasteiger partial charge is 1.00 e. The third-order valence-electron chi connectivity index (χ3n) is 5.82. The molecule has 10 heteroatoms. The SMILES string of the molecule is CC(C)c1c(C(=O)N(C)Cc2ccccc2)nn(-c2ccc(F)cc2)c1/C=C/[C@H](O)C[C@@H](O)CC(=O)O.[H-].[Na+]. The van der Waals surface area contributed by atoms with Gasteiger partial charge in [0.2, 0.25) is 0 Å². The van der Waals surface area contributed by atoms with E-state index in [-0.39, 0.29) is 54.9 Å². The number of hydrogen-bond donors (Lipinski definition) is 3. The number of carboxylic acid groups (broad SMARTS) is 1. The summed E-state index contributed by atoms with van der Waals surface area (Å²) >= 11 is 0. The average Bonchev–Trinajstić information content (AvgIpc) is 3.22. The van der Waals surface area contributed by atoms with Crippen LogP contribution in [0.15, 0.2) is 60.7 Å². The molecule has 2 atom stereocenters. The van der Waals surface area contributed by atoms with Crippen LogP contribution in [0.3, 0.4) is 0 Å². The van der Waals surface area contributed by atoms with E-state index in [0.717, 1.165) is 5.56 Å². The minimum atomic E-state index is -1.22. The Morgan fingerprint density at radius 2 is 1.74 bits per heavy atom. The minimum Gasteiger partial charge on any atom is -1.00 e. The monoisotopic (exact) mass is 533 g/mol. The molecule has 0 saturated heterocycles. The number of rotatable bonds is 11. The van der Waals surface area contributed by atoms with Crippen LogP contribution in [0.25, 0.3) is 11.8 Å². The summed E-state index contributed by atoms with van der Waals surface area (Å²) in [4.78, 5) is 25.9. The van der Waals surface area contributed by atoms with Gasteiger partial charge in [-0.05, 0) is 41.8 Å². The molecule has 2 aromatic carbocycles. The molecule has 3 rings (SSSR count). The Morgan fingerprint density at radius 1 is 1.11 bits per heavy atom. The van der Waals surface area contributed by atoms with E-state index < -0.39 is 30.4 Å². The molecule has 1 amide bonds. The van der Waals surface area contributed by atoms with Crippen molar-refractivity contribution in [3.8, 4) is 5.69 Å². The van der Waals surface area contributed by atoms with Crippen LogP contribution in [0.1, 0.15) is 61.3 Å². The average molecular weight is 534 g/mol. The number of aromatic nitrogens is 2. The Bertz CT molecular complexity index is 1250. The van der Waals surface area contributed by atoms with E-state index in [1.54, 1.807) is 30.2 Å². The molecule has 0 saturated carbocycles. The van der Waals surface area contributed by atoms with Gasteiger partial charge in [0, 0.05) is 25.6 Å². The van der Waals surface area contributed by atoms with E-state index >= 15 is 0 Å². The summed E-state index contributed by atoms with van der Waals surface area (Å²) < 4.78 is 15.1. The minimum absolute atomic E-state index is 0. The molecule has 0 bridgehead atoms. The fraction of sp³-hybridized carbons (Fsp3) is 0.321. The van der Waals surface area contributed by atoms with Crippen LogP contribution < -0.4 is 29.6 Å². The number of hydrogen-bond acceptors (Lipinski definition) is 5. The standard InChI is InChI=1S/C28H32FN3O5.Na.H/c1-18(2)26-24(14-13-22(33)15-23(34)16-25(35)36)32(21-11-9-20(29)10-12-21)30-27(26)28(37)31(3)17-19-7-5-4-6-8-19;;/h4-14,18,22-23,33-34H,15-17H2,1-3H3,(H,35,36);;/q;+1;-1/b14-13+;;/t22-,23+;;/m0../s1. The maximum absolute atomic E-state index is 13.6. The summed E-state index contributed by atoms with van der Waals surface area (Å²) in [6.07, 6.45) is 0.0182. The Balaban J connectivity index is 0.00000380. The van der Waals surface area contributed by atoms with E-state index in [0.29, 0.717) is 23.5 Å². The molecule has 3 N–H and O–H groups in total. The van der Waals surface area contributed by atoms with Crippen molar-refractivity contribution in [2.45, 2.75) is 51.4 Å². The third kappa shape index (κ3) is 8.34. The molecule has 0 aliphatic rings. The van der Waals surface area contributed by atoms with E-state index in [9.17, 15) is 24.2 Å². The molecule has 38 heavy (non-hydrogen) atoms. The largest absolute Gasteiger partial charge is 1.00 e. The summed E-state index contributed by atoms with van der Waals surface area (Å²) in [6, 6.07) is 15.2. The Kier molecular flexibility index (Phi) is 11.9. The number of carbonyl (C=O) groups is 2. The molecule has 8 nitrogen and oxygen atoms in total. The number of carboxylic acids is 1. The maximum Gasteiger partial charge on any atom is 1.00 e. The van der Waals surface area contributed by atoms with Crippen LogP contribution in [0.5, 0.6) is 0 Å². The number of benzene rings is 2. The number of aliphatic carboxylic acids is 1. The van der Waals surface area contributed by atoms with Crippen LogP contribution in [0, 0.1) is 5.82 Å². The van der Waals surface area contributed by atoms with Gasteiger partial charge in [-0.15, -0.1) is 0 Å². The van der Waals surface area contributed by atoms with Gasteiger partial charge in [0.25, 0.3) is 5.91 Å². The van der Waals surface area contributed by atoms with Gasteiger partial charge in [0.05, 0.1) is 30.0 Å². The Labute approximate surface area is 245 Å². The summed E-state index contributed by atoms with van der Waals surface area (Å²) in [5, 5.41) is 33.7. The van der Waals surface area contributed by atoms with Crippen LogP contribution in [0.4, 0.5) is 4.39 Å². The number of nitrogens with zero attached hydrogens (tertiary/aromatic N) is 3. The molecule has 1 heterocycles. The van der Waals surface area contributed by atoms with Crippen LogP contribution in [0.2, 0.25) is 0 Å². The van der Waals surface area contributed by atoms with E-state index in [1.165, 1.54) is 22.9 Å². The Morgan fingerprint density at radius 3 is 2.32 bits per heavy atom. The van der Waals surface area contributed by atoms with Gasteiger partial charge in [-0.3, -0.25) is 9.59 Å². The fourth-order valence-electron chi connectivity index (χ4n) is 4.06. The fourth-order valence-corrected chi connectivity index (χ4v) is 4.06. The quantitative estimate of drug-likeness (QED) is 0.318. The topological polar surface area (TPSA) is 116 Å². The molecule has 0 unspecified atom stereocenters. The van der Waals surface area contributed by atoms with Gasteiger partial charge in [-0.2, -0.15) is 5.10 Å². The summed E-state index contributed by atoms with van der Waals surface area (Å²) in [5.74, 6) is -2.00. The molecule has 0 radical (unpaired) electrons. The van der Waals surface area contributed by atoms with Crippen LogP contribution in [-0.4, -0.2) is 61.1 Å². The second-order valence-electron chi connectivity index (χ2n) is 9.25. The first-order valence-corrected chi connectivity index (χ1v) is 12.0. The van der Waals surface area contributed by atoms with Crippen molar-refractivity contribution in [3.05, 3.63) is 89.0 Å². The molecule has 0 spiro atoms. The zero-order valence-electron chi connectivity index (χ0n) is 23.1. The second-order valence-corrected chi connectivity index (χ2v) is 9.25. The second kappa shape index (κ2) is 14.4. The van der Waals surface area contributed by atoms with Gasteiger partial charge < -0.3 is 21.6 Å². The number of amides is 1. The molecule has 0 aliphatic heterocycles. The number of halogens is 1. The summed E-state index contributed by atoms with van der Waals surface area (Å²) in [6.45, 7) is 4.22. The molecule has 3 aromatic rings. The van der Waals surface area contributed by atoms with Gasteiger partial charge in [-0.1, -0.05) is 50.3 Å². The van der Waals surface area contributed by atoms with Crippen molar-refractivity contribution in [2.24, 2.45) is 0 Å². The molecule has 0 fully saturated rings. The van der Waals surface area contributed by atoms with Crippen molar-refractivity contribution < 1.29 is 60.3 Å². The Hall–Kier alpha value is -2.82. The molecular weight excluding hydrogens is 500 g/mol. The normalized spacial score (nSPS) is 12.8. The first kappa shape index (κ1) is 31.4. The van der Waals surface area contributed by atoms with Crippen molar-refractivity contribution in [3.63, 3.8) is 0 Å². The molecule has 198 valence electrons. The molecule has 1 aromatic heterocycles. The van der Waals surface area contributed by atoms with E-state index in [4.69, 9.17) is 5.11 Å². The van der Waals surface area contributed by atoms with Crippen LogP contribution >= 0.6 is 0 Å². The van der Waals surface area contributed by atoms with E-state index in [1.807, 2.05) is 44.2 Å². The zero-order valence-corrected chi connectivity index (χ0v) is 24.1. The van der Waals surface area contributed by atoms with Gasteiger partial charge in [0.15, 0.2) is 5.69 Å². The number of aliphatic hydroxyl groups is 2.